The van der Waals surface area contributed by atoms with Crippen LogP contribution in [-0.4, -0.2) is 70.0 Å². The summed E-state index contributed by atoms with van der Waals surface area (Å²) < 4.78 is 33.8. The molecule has 0 aliphatic heterocycles. The number of carbonyl (C=O) groups is 2. The number of phosphoric acid groups is 1. The summed E-state index contributed by atoms with van der Waals surface area (Å²) in [6.45, 7) is 4.18. The van der Waals surface area contributed by atoms with E-state index in [0.29, 0.717) is 17.4 Å². The van der Waals surface area contributed by atoms with Crippen LogP contribution in [0.15, 0.2) is 12.2 Å². The molecular weight excluding hydrogens is 641 g/mol. The molecule has 0 spiro atoms. The predicted molar refractivity (Wildman–Crippen MR) is 199 cm³/mol. The zero-order chi connectivity index (χ0) is 36.5. The van der Waals surface area contributed by atoms with E-state index >= 15 is 0 Å². The maximum absolute atomic E-state index is 12.6. The van der Waals surface area contributed by atoms with Crippen molar-refractivity contribution in [2.45, 2.75) is 180 Å². The normalized spacial score (nSPS) is 13.8. The van der Waals surface area contributed by atoms with Crippen molar-refractivity contribution >= 4 is 19.8 Å². The van der Waals surface area contributed by atoms with Crippen LogP contribution in [0.4, 0.5) is 0 Å². The van der Waals surface area contributed by atoms with Crippen LogP contribution >= 0.6 is 7.82 Å². The molecule has 0 aliphatic carbocycles. The Morgan fingerprint density at radius 3 is 1.57 bits per heavy atom. The second-order valence-corrected chi connectivity index (χ2v) is 16.1. The number of rotatable bonds is 36. The molecule has 0 bridgehead atoms. The Kier molecular flexibility index (Phi) is 31.8. The Hall–Kier alpha value is -1.25. The lowest BCUT2D eigenvalue weighted by atomic mass is 10.1. The Balaban J connectivity index is 4.39. The largest absolute Gasteiger partial charge is 0.756 e. The van der Waals surface area contributed by atoms with E-state index in [1.807, 2.05) is 21.1 Å². The molecule has 0 aliphatic rings. The lowest BCUT2D eigenvalue weighted by Gasteiger charge is -2.28. The van der Waals surface area contributed by atoms with E-state index in [1.165, 1.54) is 103 Å². The Labute approximate surface area is 301 Å². The van der Waals surface area contributed by atoms with Crippen molar-refractivity contribution in [2.24, 2.45) is 0 Å². The fourth-order valence-corrected chi connectivity index (χ4v) is 6.07. The van der Waals surface area contributed by atoms with Gasteiger partial charge in [-0.25, -0.2) is 0 Å². The van der Waals surface area contributed by atoms with Crippen molar-refractivity contribution < 1.29 is 42.1 Å². The first-order chi connectivity index (χ1) is 23.5. The highest BCUT2D eigenvalue weighted by molar-refractivity contribution is 7.45. The molecule has 0 heterocycles. The van der Waals surface area contributed by atoms with Gasteiger partial charge in [-0.1, -0.05) is 142 Å². The smallest absolute Gasteiger partial charge is 0.306 e. The fourth-order valence-electron chi connectivity index (χ4n) is 5.34. The summed E-state index contributed by atoms with van der Waals surface area (Å²) in [5.74, 6) is -0.834. The fraction of sp³-hybridized carbons (Fsp3) is 0.897. The third-order valence-corrected chi connectivity index (χ3v) is 9.50. The average Bonchev–Trinajstić information content (AvgIpc) is 3.04. The molecule has 2 atom stereocenters. The quantitative estimate of drug-likeness (QED) is 0.0207. The van der Waals surface area contributed by atoms with E-state index in [4.69, 9.17) is 18.5 Å². The van der Waals surface area contributed by atoms with Crippen molar-refractivity contribution in [1.29, 1.82) is 0 Å². The van der Waals surface area contributed by atoms with Gasteiger partial charge in [-0.2, -0.15) is 0 Å². The summed E-state index contributed by atoms with van der Waals surface area (Å²) in [7, 11) is 1.17. The molecule has 0 rings (SSSR count). The van der Waals surface area contributed by atoms with Crippen LogP contribution in [0.3, 0.4) is 0 Å². The minimum atomic E-state index is -4.61. The predicted octanol–water partition coefficient (Wildman–Crippen LogP) is 10.00. The lowest BCUT2D eigenvalue weighted by molar-refractivity contribution is -0.870. The van der Waals surface area contributed by atoms with E-state index in [2.05, 4.69) is 26.0 Å². The van der Waals surface area contributed by atoms with Gasteiger partial charge in [-0.15, -0.1) is 0 Å². The van der Waals surface area contributed by atoms with Crippen molar-refractivity contribution in [1.82, 2.24) is 0 Å². The number of likely N-dealkylation sites (N-methyl/N-ethyl adjacent to an activating group) is 1. The summed E-state index contributed by atoms with van der Waals surface area (Å²) in [5, 5.41) is 0. The lowest BCUT2D eigenvalue weighted by Crippen LogP contribution is -2.37. The highest BCUT2D eigenvalue weighted by Gasteiger charge is 2.21. The molecule has 0 aromatic carbocycles. The monoisotopic (exact) mass is 718 g/mol. The van der Waals surface area contributed by atoms with Gasteiger partial charge in [-0.3, -0.25) is 14.2 Å². The second-order valence-electron chi connectivity index (χ2n) is 14.7. The van der Waals surface area contributed by atoms with Crippen LogP contribution < -0.4 is 4.89 Å². The average molecular weight is 718 g/mol. The topological polar surface area (TPSA) is 111 Å². The first kappa shape index (κ1) is 47.8. The Morgan fingerprint density at radius 1 is 0.612 bits per heavy atom. The zero-order valence-electron chi connectivity index (χ0n) is 32.4. The van der Waals surface area contributed by atoms with Crippen molar-refractivity contribution in [2.75, 3.05) is 47.5 Å². The molecule has 1 unspecified atom stereocenters. The molecule has 0 N–H and O–H groups in total. The van der Waals surface area contributed by atoms with E-state index in [9.17, 15) is 19.0 Å². The first-order valence-corrected chi connectivity index (χ1v) is 21.4. The van der Waals surface area contributed by atoms with Gasteiger partial charge in [0.25, 0.3) is 7.82 Å². The van der Waals surface area contributed by atoms with Gasteiger partial charge in [0, 0.05) is 12.8 Å². The molecule has 0 fully saturated rings. The Bertz CT molecular complexity index is 860. The zero-order valence-corrected chi connectivity index (χ0v) is 33.3. The van der Waals surface area contributed by atoms with Crippen LogP contribution in [0.5, 0.6) is 0 Å². The number of esters is 2. The summed E-state index contributed by atoms with van der Waals surface area (Å²) in [6.07, 6.45) is 30.9. The molecule has 0 radical (unpaired) electrons. The number of hydrogen-bond donors (Lipinski definition) is 0. The van der Waals surface area contributed by atoms with Gasteiger partial charge in [0.1, 0.15) is 19.8 Å². The van der Waals surface area contributed by atoms with Crippen molar-refractivity contribution in [3.63, 3.8) is 0 Å². The van der Waals surface area contributed by atoms with E-state index < -0.39 is 26.5 Å². The SMILES string of the molecule is CCCC/C=C/CCCCCCCCCCCC(=O)O[C@H](COC(=O)CCCCCCCCCCCC)COP(=O)([O-])OCC[N+](C)(C)C. The van der Waals surface area contributed by atoms with Gasteiger partial charge in [0.2, 0.25) is 0 Å². The van der Waals surface area contributed by atoms with Gasteiger partial charge in [-0.05, 0) is 32.1 Å². The molecule has 290 valence electrons. The minimum Gasteiger partial charge on any atom is -0.756 e. The maximum atomic E-state index is 12.6. The van der Waals surface area contributed by atoms with Crippen LogP contribution in [0.25, 0.3) is 0 Å². The van der Waals surface area contributed by atoms with Crippen LogP contribution in [0.2, 0.25) is 0 Å². The molecule has 49 heavy (non-hydrogen) atoms. The number of quaternary nitrogens is 1. The number of allylic oxidation sites excluding steroid dienone is 2. The van der Waals surface area contributed by atoms with Crippen molar-refractivity contribution in [3.05, 3.63) is 12.2 Å². The van der Waals surface area contributed by atoms with Crippen LogP contribution in [-0.2, 0) is 32.7 Å². The summed E-state index contributed by atoms with van der Waals surface area (Å²) >= 11 is 0. The van der Waals surface area contributed by atoms with Gasteiger partial charge >= 0.3 is 11.9 Å². The van der Waals surface area contributed by atoms with Crippen molar-refractivity contribution in [3.8, 4) is 0 Å². The molecule has 10 heteroatoms. The molecule has 0 aromatic rings. The molecule has 0 aromatic heterocycles. The molecular formula is C39H76NO8P. The Morgan fingerprint density at radius 2 is 1.06 bits per heavy atom. The third kappa shape index (κ3) is 36.3. The van der Waals surface area contributed by atoms with Crippen LogP contribution in [0.1, 0.15) is 174 Å². The molecule has 9 nitrogen and oxygen atoms in total. The number of unbranched alkanes of at least 4 members (excludes halogenated alkanes) is 20. The number of carbonyl (C=O) groups excluding carboxylic acids is 2. The standard InChI is InChI=1S/C39H76NO8P/c1-6-8-10-12-14-16-18-19-20-21-22-24-26-28-30-32-39(42)48-37(36-47-49(43,44)46-34-33-40(3,4)5)35-45-38(41)31-29-27-25-23-17-15-13-11-9-7-2/h12,14,37H,6-11,13,15-36H2,1-5H3/b14-12+/t37-/m1/s1. The summed E-state index contributed by atoms with van der Waals surface area (Å²) in [6, 6.07) is 0. The number of ether oxygens (including phenoxy) is 2. The number of hydrogen-bond acceptors (Lipinski definition) is 8. The van der Waals surface area contributed by atoms with Gasteiger partial charge in [0.05, 0.1) is 27.7 Å². The highest BCUT2D eigenvalue weighted by Crippen LogP contribution is 2.38. The van der Waals surface area contributed by atoms with Gasteiger partial charge in [0.15, 0.2) is 6.10 Å². The first-order valence-electron chi connectivity index (χ1n) is 19.9. The summed E-state index contributed by atoms with van der Waals surface area (Å²) in [4.78, 5) is 37.3. The molecule has 0 amide bonds. The maximum Gasteiger partial charge on any atom is 0.306 e. The molecule has 0 saturated heterocycles. The van der Waals surface area contributed by atoms with E-state index in [0.717, 1.165) is 38.5 Å². The van der Waals surface area contributed by atoms with Gasteiger partial charge < -0.3 is 27.9 Å². The molecule has 0 saturated carbocycles. The number of phosphoric ester groups is 1. The number of nitrogens with zero attached hydrogens (tertiary/aromatic N) is 1. The minimum absolute atomic E-state index is 0.0284. The highest BCUT2D eigenvalue weighted by atomic mass is 31.2. The van der Waals surface area contributed by atoms with E-state index in [1.54, 1.807) is 0 Å². The van der Waals surface area contributed by atoms with Crippen LogP contribution in [0, 0.1) is 0 Å². The summed E-state index contributed by atoms with van der Waals surface area (Å²) in [5.41, 5.74) is 0. The second kappa shape index (κ2) is 32.6. The third-order valence-electron chi connectivity index (χ3n) is 8.54. The van der Waals surface area contributed by atoms with E-state index in [-0.39, 0.29) is 32.0 Å².